The molecule has 0 saturated heterocycles. The molecule has 0 atom stereocenters. The van der Waals surface area contributed by atoms with Crippen molar-refractivity contribution in [1.29, 1.82) is 0 Å². The van der Waals surface area contributed by atoms with E-state index in [1.165, 1.54) is 18.3 Å². The summed E-state index contributed by atoms with van der Waals surface area (Å²) in [6.45, 7) is 1.06. The number of nitrogens with zero attached hydrogens (tertiary/aromatic N) is 1. The summed E-state index contributed by atoms with van der Waals surface area (Å²) in [7, 11) is 1.58. The van der Waals surface area contributed by atoms with E-state index >= 15 is 0 Å². The molecule has 128 valence electrons. The largest absolute Gasteiger partial charge is 0.416 e. The highest BCUT2D eigenvalue weighted by Crippen LogP contribution is 2.29. The molecule has 2 N–H and O–H groups in total. The van der Waals surface area contributed by atoms with Crippen LogP contribution in [0.5, 0.6) is 0 Å². The molecule has 5 nitrogen and oxygen atoms in total. The van der Waals surface area contributed by atoms with Gasteiger partial charge >= 0.3 is 6.18 Å². The molecule has 0 aliphatic rings. The van der Waals surface area contributed by atoms with E-state index in [1.54, 1.807) is 19.4 Å². The number of anilines is 2. The van der Waals surface area contributed by atoms with Gasteiger partial charge in [-0.05, 0) is 30.3 Å². The molecule has 0 aliphatic carbocycles. The van der Waals surface area contributed by atoms with Crippen molar-refractivity contribution in [3.8, 4) is 0 Å². The first-order valence-corrected chi connectivity index (χ1v) is 7.06. The first-order chi connectivity index (χ1) is 11.4. The molecule has 0 aliphatic heterocycles. The lowest BCUT2D eigenvalue weighted by atomic mass is 10.2. The molecule has 1 aromatic carbocycles. The summed E-state index contributed by atoms with van der Waals surface area (Å²) in [4.78, 5) is 16.1. The van der Waals surface area contributed by atoms with Crippen molar-refractivity contribution >= 4 is 17.3 Å². The number of alkyl halides is 3. The Balaban J connectivity index is 2.03. The predicted octanol–water partition coefficient (Wildman–Crippen LogP) is 3.41. The van der Waals surface area contributed by atoms with Crippen LogP contribution in [0.4, 0.5) is 24.5 Å². The lowest BCUT2D eigenvalue weighted by Crippen LogP contribution is -2.14. The van der Waals surface area contributed by atoms with E-state index in [-0.39, 0.29) is 11.3 Å². The highest BCUT2D eigenvalue weighted by atomic mass is 19.4. The van der Waals surface area contributed by atoms with E-state index < -0.39 is 17.6 Å². The number of pyridine rings is 1. The third-order valence-corrected chi connectivity index (χ3v) is 3.11. The van der Waals surface area contributed by atoms with Crippen molar-refractivity contribution < 1.29 is 22.7 Å². The molecule has 0 unspecified atom stereocenters. The molecular formula is C16H16F3N3O2. The number of hydrogen-bond acceptors (Lipinski definition) is 4. The van der Waals surface area contributed by atoms with Crippen LogP contribution in [-0.2, 0) is 10.9 Å². The zero-order valence-electron chi connectivity index (χ0n) is 12.9. The Bertz CT molecular complexity index is 688. The van der Waals surface area contributed by atoms with Gasteiger partial charge in [0, 0.05) is 31.7 Å². The SMILES string of the molecule is COCCNc1cncc(C(=O)Nc2ccc(C(F)(F)F)cc2)c1. The predicted molar refractivity (Wildman–Crippen MR) is 84.0 cm³/mol. The molecule has 0 saturated carbocycles. The van der Waals surface area contributed by atoms with Crippen LogP contribution >= 0.6 is 0 Å². The van der Waals surface area contributed by atoms with Crippen LogP contribution in [0.2, 0.25) is 0 Å². The Morgan fingerprint density at radius 3 is 2.50 bits per heavy atom. The Kier molecular flexibility index (Phi) is 5.75. The summed E-state index contributed by atoms with van der Waals surface area (Å²) < 4.78 is 42.4. The Morgan fingerprint density at radius 2 is 1.88 bits per heavy atom. The second-order valence-corrected chi connectivity index (χ2v) is 4.91. The maximum atomic E-state index is 12.5. The summed E-state index contributed by atoms with van der Waals surface area (Å²) in [6, 6.07) is 5.83. The van der Waals surface area contributed by atoms with E-state index in [0.717, 1.165) is 12.1 Å². The number of carbonyl (C=O) groups excluding carboxylic acids is 1. The Hall–Kier alpha value is -2.61. The number of benzene rings is 1. The molecule has 1 amide bonds. The van der Waals surface area contributed by atoms with Crippen LogP contribution in [0, 0.1) is 0 Å². The lowest BCUT2D eigenvalue weighted by Gasteiger charge is -2.10. The van der Waals surface area contributed by atoms with Gasteiger partial charge in [0.25, 0.3) is 5.91 Å². The highest BCUT2D eigenvalue weighted by Gasteiger charge is 2.29. The van der Waals surface area contributed by atoms with Gasteiger partial charge in [0.2, 0.25) is 0 Å². The number of aromatic nitrogens is 1. The highest BCUT2D eigenvalue weighted by molar-refractivity contribution is 6.04. The third kappa shape index (κ3) is 4.95. The first kappa shape index (κ1) is 17.7. The second kappa shape index (κ2) is 7.78. The van der Waals surface area contributed by atoms with Crippen LogP contribution in [0.1, 0.15) is 15.9 Å². The molecular weight excluding hydrogens is 323 g/mol. The van der Waals surface area contributed by atoms with E-state index in [1.807, 2.05) is 0 Å². The van der Waals surface area contributed by atoms with Gasteiger partial charge in [0.1, 0.15) is 0 Å². The first-order valence-electron chi connectivity index (χ1n) is 7.06. The van der Waals surface area contributed by atoms with Gasteiger partial charge < -0.3 is 15.4 Å². The van der Waals surface area contributed by atoms with E-state index in [2.05, 4.69) is 15.6 Å². The Morgan fingerprint density at radius 1 is 1.17 bits per heavy atom. The zero-order valence-corrected chi connectivity index (χ0v) is 12.9. The van der Waals surface area contributed by atoms with Crippen molar-refractivity contribution in [2.75, 3.05) is 30.9 Å². The Labute approximate surface area is 136 Å². The summed E-state index contributed by atoms with van der Waals surface area (Å²) in [5.41, 5.74) is 0.432. The van der Waals surface area contributed by atoms with Gasteiger partial charge in [-0.3, -0.25) is 9.78 Å². The second-order valence-electron chi connectivity index (χ2n) is 4.91. The average Bonchev–Trinajstić information content (AvgIpc) is 2.55. The molecule has 0 bridgehead atoms. The minimum absolute atomic E-state index is 0.269. The van der Waals surface area contributed by atoms with Gasteiger partial charge in [-0.25, -0.2) is 0 Å². The lowest BCUT2D eigenvalue weighted by molar-refractivity contribution is -0.137. The van der Waals surface area contributed by atoms with Gasteiger partial charge in [0.15, 0.2) is 0 Å². The molecule has 1 heterocycles. The van der Waals surface area contributed by atoms with Crippen molar-refractivity contribution in [3.63, 3.8) is 0 Å². The quantitative estimate of drug-likeness (QED) is 0.792. The van der Waals surface area contributed by atoms with Crippen LogP contribution in [0.15, 0.2) is 42.7 Å². The van der Waals surface area contributed by atoms with Crippen LogP contribution in [-0.4, -0.2) is 31.2 Å². The van der Waals surface area contributed by atoms with E-state index in [4.69, 9.17) is 4.74 Å². The van der Waals surface area contributed by atoms with Crippen molar-refractivity contribution in [2.45, 2.75) is 6.18 Å². The summed E-state index contributed by atoms with van der Waals surface area (Å²) in [5.74, 6) is -0.461. The minimum atomic E-state index is -4.41. The van der Waals surface area contributed by atoms with Gasteiger partial charge in [0.05, 0.1) is 23.4 Å². The number of carbonyl (C=O) groups is 1. The summed E-state index contributed by atoms with van der Waals surface area (Å²) in [6.07, 6.45) is -1.47. The van der Waals surface area contributed by atoms with Crippen LogP contribution < -0.4 is 10.6 Å². The van der Waals surface area contributed by atoms with Gasteiger partial charge in [-0.15, -0.1) is 0 Å². The molecule has 0 fully saturated rings. The normalized spacial score (nSPS) is 11.2. The standard InChI is InChI=1S/C16H16F3N3O2/c1-24-7-6-21-14-8-11(9-20-10-14)15(23)22-13-4-2-12(3-5-13)16(17,18)19/h2-5,8-10,21H,6-7H2,1H3,(H,22,23). The van der Waals surface area contributed by atoms with Gasteiger partial charge in [-0.2, -0.15) is 13.2 Å². The molecule has 0 radical (unpaired) electrons. The fourth-order valence-electron chi connectivity index (χ4n) is 1.90. The molecule has 0 spiro atoms. The monoisotopic (exact) mass is 339 g/mol. The van der Waals surface area contributed by atoms with Crippen molar-refractivity contribution in [1.82, 2.24) is 4.98 Å². The number of ether oxygens (including phenoxy) is 1. The number of nitrogens with one attached hydrogen (secondary N) is 2. The number of hydrogen-bond donors (Lipinski definition) is 2. The smallest absolute Gasteiger partial charge is 0.383 e. The number of amides is 1. The minimum Gasteiger partial charge on any atom is -0.383 e. The average molecular weight is 339 g/mol. The topological polar surface area (TPSA) is 63.2 Å². The van der Waals surface area contributed by atoms with Crippen LogP contribution in [0.25, 0.3) is 0 Å². The molecule has 2 aromatic rings. The zero-order chi connectivity index (χ0) is 17.6. The molecule has 1 aromatic heterocycles. The molecule has 24 heavy (non-hydrogen) atoms. The van der Waals surface area contributed by atoms with E-state index in [0.29, 0.717) is 18.8 Å². The maximum absolute atomic E-state index is 12.5. The molecule has 8 heteroatoms. The fraction of sp³-hybridized carbons (Fsp3) is 0.250. The van der Waals surface area contributed by atoms with Crippen LogP contribution in [0.3, 0.4) is 0 Å². The van der Waals surface area contributed by atoms with E-state index in [9.17, 15) is 18.0 Å². The molecule has 2 rings (SSSR count). The fourth-order valence-corrected chi connectivity index (χ4v) is 1.90. The maximum Gasteiger partial charge on any atom is 0.416 e. The summed E-state index contributed by atoms with van der Waals surface area (Å²) in [5, 5.41) is 5.57. The van der Waals surface area contributed by atoms with Gasteiger partial charge in [-0.1, -0.05) is 0 Å². The number of halogens is 3. The number of methoxy groups -OCH3 is 1. The summed E-state index contributed by atoms with van der Waals surface area (Å²) >= 11 is 0. The van der Waals surface area contributed by atoms with Crippen molar-refractivity contribution in [3.05, 3.63) is 53.9 Å². The third-order valence-electron chi connectivity index (χ3n) is 3.11. The van der Waals surface area contributed by atoms with Crippen molar-refractivity contribution in [2.24, 2.45) is 0 Å². The number of rotatable bonds is 6.